The highest BCUT2D eigenvalue weighted by molar-refractivity contribution is 6.00. The quantitative estimate of drug-likeness (QED) is 0.613. The van der Waals surface area contributed by atoms with E-state index in [1.165, 1.54) is 5.56 Å². The number of benzene rings is 2. The van der Waals surface area contributed by atoms with Gasteiger partial charge in [0.05, 0.1) is 12.8 Å². The van der Waals surface area contributed by atoms with Crippen LogP contribution in [-0.2, 0) is 6.54 Å². The van der Waals surface area contributed by atoms with Crippen molar-refractivity contribution < 1.29 is 9.53 Å². The maximum atomic E-state index is 12.4. The highest BCUT2D eigenvalue weighted by Gasteiger charge is 2.18. The van der Waals surface area contributed by atoms with E-state index >= 15 is 0 Å². The summed E-state index contributed by atoms with van der Waals surface area (Å²) in [5, 5.41) is 0. The minimum Gasteiger partial charge on any atom is -0.497 e. The van der Waals surface area contributed by atoms with E-state index in [0.29, 0.717) is 6.54 Å². The van der Waals surface area contributed by atoms with Crippen molar-refractivity contribution in [1.82, 2.24) is 4.57 Å². The summed E-state index contributed by atoms with van der Waals surface area (Å²) in [6.07, 6.45) is 2.07. The number of rotatable bonds is 5. The summed E-state index contributed by atoms with van der Waals surface area (Å²) in [5.41, 5.74) is 6.33. The lowest BCUT2D eigenvalue weighted by Gasteiger charge is -2.10. The average Bonchev–Trinajstić information content (AvgIpc) is 2.92. The zero-order valence-corrected chi connectivity index (χ0v) is 15.2. The van der Waals surface area contributed by atoms with Gasteiger partial charge in [-0.1, -0.05) is 42.0 Å². The van der Waals surface area contributed by atoms with E-state index in [4.69, 9.17) is 4.74 Å². The van der Waals surface area contributed by atoms with Crippen LogP contribution in [0.2, 0.25) is 0 Å². The summed E-state index contributed by atoms with van der Waals surface area (Å²) >= 11 is 0. The molecule has 0 spiro atoms. The number of aromatic nitrogens is 1. The van der Waals surface area contributed by atoms with Crippen molar-refractivity contribution in [2.24, 2.45) is 0 Å². The van der Waals surface area contributed by atoms with Crippen molar-refractivity contribution in [2.45, 2.75) is 27.3 Å². The fourth-order valence-corrected chi connectivity index (χ4v) is 3.21. The maximum Gasteiger partial charge on any atom is 0.176 e. The highest BCUT2D eigenvalue weighted by Crippen LogP contribution is 2.30. The Kier molecular flexibility index (Phi) is 4.75. The molecule has 3 aromatic rings. The Morgan fingerprint density at radius 1 is 1.00 bits per heavy atom. The molecule has 0 aliphatic carbocycles. The van der Waals surface area contributed by atoms with Crippen LogP contribution in [0.15, 0.2) is 54.7 Å². The molecule has 25 heavy (non-hydrogen) atoms. The van der Waals surface area contributed by atoms with Crippen LogP contribution in [-0.4, -0.2) is 17.5 Å². The van der Waals surface area contributed by atoms with Gasteiger partial charge in [0.2, 0.25) is 0 Å². The molecule has 3 heteroatoms. The fourth-order valence-electron chi connectivity index (χ4n) is 3.21. The van der Waals surface area contributed by atoms with Crippen LogP contribution in [0, 0.1) is 13.8 Å². The topological polar surface area (TPSA) is 31.2 Å². The van der Waals surface area contributed by atoms with Gasteiger partial charge in [-0.15, -0.1) is 0 Å². The van der Waals surface area contributed by atoms with Crippen LogP contribution in [0.4, 0.5) is 0 Å². The van der Waals surface area contributed by atoms with Crippen LogP contribution in [0.5, 0.6) is 5.75 Å². The molecule has 0 radical (unpaired) electrons. The van der Waals surface area contributed by atoms with Gasteiger partial charge in [0.15, 0.2) is 5.78 Å². The van der Waals surface area contributed by atoms with Gasteiger partial charge in [0.25, 0.3) is 0 Å². The largest absolute Gasteiger partial charge is 0.497 e. The fraction of sp³-hybridized carbons (Fsp3) is 0.227. The Morgan fingerprint density at radius 3 is 2.20 bits per heavy atom. The molecule has 0 saturated carbocycles. The molecule has 0 amide bonds. The molecule has 1 aromatic heterocycles. The second-order valence-electron chi connectivity index (χ2n) is 6.43. The van der Waals surface area contributed by atoms with Gasteiger partial charge in [-0.3, -0.25) is 4.79 Å². The molecular formula is C22H23NO2. The smallest absolute Gasteiger partial charge is 0.176 e. The molecular weight excluding hydrogens is 310 g/mol. The normalized spacial score (nSPS) is 10.7. The number of carbonyl (C=O) groups is 1. The number of ether oxygens (including phenoxy) is 1. The first kappa shape index (κ1) is 17.0. The van der Waals surface area contributed by atoms with Crippen LogP contribution >= 0.6 is 0 Å². The predicted octanol–water partition coefficient (Wildman–Crippen LogP) is 5.03. The summed E-state index contributed by atoms with van der Waals surface area (Å²) in [7, 11) is 1.66. The molecule has 0 aliphatic heterocycles. The minimum atomic E-state index is 0.0807. The van der Waals surface area contributed by atoms with E-state index in [1.54, 1.807) is 14.0 Å². The van der Waals surface area contributed by atoms with Gasteiger partial charge in [-0.05, 0) is 42.7 Å². The average molecular weight is 333 g/mol. The van der Waals surface area contributed by atoms with Gasteiger partial charge < -0.3 is 9.30 Å². The molecule has 0 fully saturated rings. The van der Waals surface area contributed by atoms with E-state index in [1.807, 2.05) is 24.3 Å². The van der Waals surface area contributed by atoms with E-state index in [0.717, 1.165) is 33.7 Å². The Morgan fingerprint density at radius 2 is 1.64 bits per heavy atom. The van der Waals surface area contributed by atoms with Gasteiger partial charge in [-0.25, -0.2) is 0 Å². The Balaban J connectivity index is 2.03. The van der Waals surface area contributed by atoms with Crippen molar-refractivity contribution in [3.63, 3.8) is 0 Å². The summed E-state index contributed by atoms with van der Waals surface area (Å²) in [4.78, 5) is 12.4. The highest BCUT2D eigenvalue weighted by atomic mass is 16.5. The first-order chi connectivity index (χ1) is 12.0. The standard InChI is InChI=1S/C22H23NO2/c1-15-5-9-19(10-6-15)21-16(2)13-23(22(21)17(3)24)14-18-7-11-20(25-4)12-8-18/h5-13H,14H2,1-4H3. The van der Waals surface area contributed by atoms with E-state index in [9.17, 15) is 4.79 Å². The number of hydrogen-bond acceptors (Lipinski definition) is 2. The Bertz CT molecular complexity index is 887. The van der Waals surface area contributed by atoms with Crippen LogP contribution in [0.25, 0.3) is 11.1 Å². The van der Waals surface area contributed by atoms with Crippen molar-refractivity contribution >= 4 is 5.78 Å². The van der Waals surface area contributed by atoms with Crippen LogP contribution in [0.3, 0.4) is 0 Å². The van der Waals surface area contributed by atoms with Crippen molar-refractivity contribution in [2.75, 3.05) is 7.11 Å². The number of Topliss-reactive ketones (excluding diaryl/α,β-unsaturated/α-hetero) is 1. The second kappa shape index (κ2) is 6.98. The first-order valence-corrected chi connectivity index (χ1v) is 8.40. The lowest BCUT2D eigenvalue weighted by atomic mass is 9.99. The van der Waals surface area contributed by atoms with Gasteiger partial charge in [0.1, 0.15) is 5.75 Å². The number of hydrogen-bond donors (Lipinski definition) is 0. The van der Waals surface area contributed by atoms with Crippen molar-refractivity contribution in [1.29, 1.82) is 0 Å². The molecule has 0 N–H and O–H groups in total. The monoisotopic (exact) mass is 333 g/mol. The predicted molar refractivity (Wildman–Crippen MR) is 101 cm³/mol. The Hall–Kier alpha value is -2.81. The summed E-state index contributed by atoms with van der Waals surface area (Å²) < 4.78 is 7.26. The molecule has 0 saturated heterocycles. The van der Waals surface area contributed by atoms with E-state index in [-0.39, 0.29) is 5.78 Å². The SMILES string of the molecule is COc1ccc(Cn2cc(C)c(-c3ccc(C)cc3)c2C(C)=O)cc1. The summed E-state index contributed by atoms with van der Waals surface area (Å²) in [6.45, 7) is 6.42. The zero-order valence-electron chi connectivity index (χ0n) is 15.2. The lowest BCUT2D eigenvalue weighted by molar-refractivity contribution is 0.101. The van der Waals surface area contributed by atoms with E-state index < -0.39 is 0 Å². The van der Waals surface area contributed by atoms with E-state index in [2.05, 4.69) is 48.9 Å². The van der Waals surface area contributed by atoms with Gasteiger partial charge >= 0.3 is 0 Å². The third-order valence-corrected chi connectivity index (χ3v) is 4.45. The molecule has 3 rings (SSSR count). The van der Waals surface area contributed by atoms with Crippen LogP contribution < -0.4 is 4.74 Å². The lowest BCUT2D eigenvalue weighted by Crippen LogP contribution is -2.08. The molecule has 2 aromatic carbocycles. The number of carbonyl (C=O) groups excluding carboxylic acids is 1. The summed E-state index contributed by atoms with van der Waals surface area (Å²) in [6, 6.07) is 16.3. The second-order valence-corrected chi connectivity index (χ2v) is 6.43. The molecule has 0 unspecified atom stereocenters. The van der Waals surface area contributed by atoms with Crippen molar-refractivity contribution in [3.05, 3.63) is 77.1 Å². The van der Waals surface area contributed by atoms with Crippen molar-refractivity contribution in [3.8, 4) is 16.9 Å². The molecule has 3 nitrogen and oxygen atoms in total. The van der Waals surface area contributed by atoms with Gasteiger partial charge in [0, 0.05) is 25.2 Å². The summed E-state index contributed by atoms with van der Waals surface area (Å²) in [5.74, 6) is 0.914. The van der Waals surface area contributed by atoms with Gasteiger partial charge in [-0.2, -0.15) is 0 Å². The molecule has 128 valence electrons. The molecule has 0 bridgehead atoms. The molecule has 1 heterocycles. The molecule has 0 aliphatic rings. The zero-order chi connectivity index (χ0) is 18.0. The number of aryl methyl sites for hydroxylation is 2. The van der Waals surface area contributed by atoms with Crippen LogP contribution in [0.1, 0.15) is 34.1 Å². The maximum absolute atomic E-state index is 12.4. The number of ketones is 1. The Labute approximate surface area is 148 Å². The number of nitrogens with zero attached hydrogens (tertiary/aromatic N) is 1. The third-order valence-electron chi connectivity index (χ3n) is 4.45. The first-order valence-electron chi connectivity index (χ1n) is 8.40. The minimum absolute atomic E-state index is 0.0807. The third kappa shape index (κ3) is 3.50. The number of methoxy groups -OCH3 is 1. The molecule has 0 atom stereocenters.